The van der Waals surface area contributed by atoms with E-state index >= 15 is 0 Å². The van der Waals surface area contributed by atoms with Crippen molar-refractivity contribution >= 4 is 116 Å². The first-order valence-corrected chi connectivity index (χ1v) is 42.5. The predicted octanol–water partition coefficient (Wildman–Crippen LogP) is 19.3. The number of aromatic hydroxyl groups is 20. The molecule has 0 saturated heterocycles. The van der Waals surface area contributed by atoms with Crippen molar-refractivity contribution in [2.24, 2.45) is 0 Å². The van der Waals surface area contributed by atoms with Crippen LogP contribution in [0, 0.1) is 49.0 Å². The Labute approximate surface area is 791 Å². The molecule has 678 valence electrons. The van der Waals surface area contributed by atoms with Crippen molar-refractivity contribution in [1.29, 1.82) is 5.26 Å². The summed E-state index contributed by atoms with van der Waals surface area (Å²) in [5.41, 5.74) is 8.15. The summed E-state index contributed by atoms with van der Waals surface area (Å²) in [6.07, 6.45) is 3.44. The number of halogens is 4. The summed E-state index contributed by atoms with van der Waals surface area (Å²) in [4.78, 5) is 52.2. The van der Waals surface area contributed by atoms with Gasteiger partial charge < -0.3 is 116 Å². The van der Waals surface area contributed by atoms with E-state index < -0.39 is 56.2 Å². The number of aryl methyl sites for hydroxylation is 2. The summed E-state index contributed by atoms with van der Waals surface area (Å²) in [7, 11) is 0. The fraction of sp³-hybridized carbons (Fsp3) is 0.0778. The number of benzene rings is 12. The highest BCUT2D eigenvalue weighted by Gasteiger charge is 2.26. The van der Waals surface area contributed by atoms with Crippen LogP contribution in [0.25, 0.3) is 64.9 Å². The number of hydrogen-bond acceptors (Lipinski definition) is 36. The molecule has 15 rings (SSSR count). The molecule has 0 aliphatic carbocycles. The molecule has 15 aromatic rings. The minimum absolute atomic E-state index is 0.113. The third kappa shape index (κ3) is 25.1. The number of oxazole rings is 1. The van der Waals surface area contributed by atoms with Crippen LogP contribution >= 0.6 is 93.1 Å². The lowest BCUT2D eigenvalue weighted by molar-refractivity contribution is -0.386. The summed E-state index contributed by atoms with van der Waals surface area (Å²) in [6.45, 7) is 6.71. The molecule has 3 heterocycles. The number of phenolic OH excluding ortho intramolecular Hbond substituents is 20. The fourth-order valence-electron chi connectivity index (χ4n) is 11.8. The van der Waals surface area contributed by atoms with E-state index in [0.717, 1.165) is 60.0 Å². The normalized spacial score (nSPS) is 10.5. The topological polar surface area (TPSA) is 632 Å². The number of thiazole rings is 1. The Morgan fingerprint density at radius 1 is 0.402 bits per heavy atom. The van der Waals surface area contributed by atoms with Crippen LogP contribution in [0.4, 0.5) is 11.4 Å². The van der Waals surface area contributed by atoms with Gasteiger partial charge in [0.15, 0.2) is 132 Å². The standard InChI is InChI=1S/C20H17IN2O4S.C15H10BrNO5.C15H10BrNO4S.C14H11NO4.C13H11BrO4.C13H10N2O8/c1-10-7-15(16(21)8-11(10)2)20-23-22-19(28-20)14-5-6-17(26-12(3)24)18(9-14)27-13(4)25;16-9-5-13(21)12(20)4-8(9)15-17-6-14(22-15)7-1-2-10(18)11(19)3-7;16-9-5-13(21)12(20)4-8(9)14-6-17-15(22-14)7-1-2-10(18)11(19)3-7;15-7-10-6-14(19)13(18)5-9(10)3-8-1-2-11(16)12(17)4-8;14-9-6-13(18)12(17)5-8(9)3-7-1-2-10(15)11(16)4-7;16-10-2-6(8(14(20)21)4-12(10)18)1-7-3-11(17)13(19)5-9(7)15(22)23/h5-9H,1-4H3;2*1-6,18-21H;1-2,4-6,16-19H,3H2;1-2,4-6,15-18H,3H2;2-5,16-19H,1H2. The molecule has 0 fully saturated rings. The number of nitro benzene ring substituents is 2. The zero-order valence-corrected chi connectivity index (χ0v) is 76.6. The molecule has 20 N–H and O–H groups in total. The summed E-state index contributed by atoms with van der Waals surface area (Å²) >= 11 is 15.0. The number of aromatic nitrogens is 4. The number of carbonyl (C=O) groups is 2. The predicted molar refractivity (Wildman–Crippen MR) is 497 cm³/mol. The van der Waals surface area contributed by atoms with Gasteiger partial charge >= 0.3 is 11.9 Å². The Morgan fingerprint density at radius 3 is 1.32 bits per heavy atom. The first-order valence-electron chi connectivity index (χ1n) is 37.4. The molecular weight excluding hydrogens is 2070 g/mol. The zero-order chi connectivity index (χ0) is 96.7. The number of carbonyl (C=O) groups excluding carboxylic acids is 2. The molecule has 42 heteroatoms. The van der Waals surface area contributed by atoms with Crippen molar-refractivity contribution in [2.75, 3.05) is 0 Å². The lowest BCUT2D eigenvalue weighted by Crippen LogP contribution is -2.07. The third-order valence-corrected chi connectivity index (χ3v) is 23.5. The maximum atomic E-state index is 11.4. The fourth-order valence-corrected chi connectivity index (χ4v) is 16.3. The minimum Gasteiger partial charge on any atom is -0.504 e. The number of phenols is 20. The van der Waals surface area contributed by atoms with Crippen molar-refractivity contribution in [3.63, 3.8) is 0 Å². The summed E-state index contributed by atoms with van der Waals surface area (Å²) in [6, 6.07) is 42.8. The molecule has 0 unspecified atom stereocenters. The number of nitriles is 1. The quantitative estimate of drug-likeness (QED) is 0.0107. The van der Waals surface area contributed by atoms with Crippen molar-refractivity contribution in [1.82, 2.24) is 20.2 Å². The molecule has 0 aliphatic heterocycles. The Bertz CT molecular complexity index is 6800. The molecule has 3 aromatic heterocycles. The van der Waals surface area contributed by atoms with Gasteiger partial charge in [0.05, 0.1) is 50.2 Å². The first-order chi connectivity index (χ1) is 62.3. The largest absolute Gasteiger partial charge is 0.504 e. The van der Waals surface area contributed by atoms with Gasteiger partial charge in [-0.1, -0.05) is 39.4 Å². The van der Waals surface area contributed by atoms with E-state index in [1.807, 2.05) is 6.07 Å². The molecule has 0 radical (unpaired) electrons. The van der Waals surface area contributed by atoms with Gasteiger partial charge in [0.25, 0.3) is 11.4 Å². The molecule has 0 bridgehead atoms. The number of esters is 2. The van der Waals surface area contributed by atoms with E-state index in [4.69, 9.17) is 19.2 Å². The Balaban J connectivity index is 0.000000165. The van der Waals surface area contributed by atoms with E-state index in [2.05, 4.69) is 117 Å². The third-order valence-electron chi connectivity index (χ3n) is 18.5. The molecule has 0 aliphatic rings. The lowest BCUT2D eigenvalue weighted by atomic mass is 9.99. The minimum atomic E-state index is -0.819. The van der Waals surface area contributed by atoms with Crippen LogP contribution in [-0.2, 0) is 28.9 Å². The van der Waals surface area contributed by atoms with Crippen LogP contribution in [0.2, 0.25) is 0 Å². The van der Waals surface area contributed by atoms with Crippen LogP contribution < -0.4 is 9.47 Å². The van der Waals surface area contributed by atoms with Gasteiger partial charge in [-0.05, 0) is 260 Å². The van der Waals surface area contributed by atoms with Crippen LogP contribution in [0.5, 0.6) is 126 Å². The lowest BCUT2D eigenvalue weighted by Gasteiger charge is -2.09. The van der Waals surface area contributed by atoms with E-state index in [9.17, 15) is 132 Å². The van der Waals surface area contributed by atoms with Gasteiger partial charge in [-0.3, -0.25) is 29.8 Å². The SMILES string of the molecule is CC(=O)Oc1ccc(-c2nnc(-c3cc(C)c(C)cc3I)s2)cc1OC(C)=O.N#Cc1cc(O)c(O)cc1Cc1ccc(O)c(O)c1.O=[N+]([O-])c1cc(O)c(O)cc1Cc1cc(O)c(O)cc1[N+](=O)[O-].Oc1ccc(-c2cnc(-c3cc(O)c(O)cc3Br)o2)cc1O.Oc1ccc(-c2ncc(-c3cc(O)c(O)cc3Br)s2)cc1O.Oc1ccc(Cc2cc(O)c(O)cc2Br)cc1O. The second kappa shape index (κ2) is 43.0. The Morgan fingerprint density at radius 2 is 0.803 bits per heavy atom. The molecule has 0 atom stereocenters. The average molecular weight is 2140 g/mol. The van der Waals surface area contributed by atoms with Crippen LogP contribution in [0.3, 0.4) is 0 Å². The molecule has 132 heavy (non-hydrogen) atoms. The van der Waals surface area contributed by atoms with Gasteiger partial charge in [-0.15, -0.1) is 21.5 Å². The van der Waals surface area contributed by atoms with Gasteiger partial charge in [-0.2, -0.15) is 5.26 Å². The van der Waals surface area contributed by atoms with Gasteiger partial charge in [0, 0.05) is 88.5 Å². The van der Waals surface area contributed by atoms with Crippen molar-refractivity contribution in [3.05, 3.63) is 276 Å². The summed E-state index contributed by atoms with van der Waals surface area (Å²) in [5.74, 6) is -6.47. The smallest absolute Gasteiger partial charge is 0.308 e. The van der Waals surface area contributed by atoms with Gasteiger partial charge in [0.1, 0.15) is 15.0 Å². The summed E-state index contributed by atoms with van der Waals surface area (Å²) in [5, 5.41) is 230. The van der Waals surface area contributed by atoms with Crippen LogP contribution in [0.1, 0.15) is 63.9 Å². The highest BCUT2D eigenvalue weighted by atomic mass is 127. The Kier molecular flexibility index (Phi) is 32.1. The van der Waals surface area contributed by atoms with Crippen molar-refractivity contribution in [2.45, 2.75) is 47.0 Å². The number of rotatable bonds is 16. The van der Waals surface area contributed by atoms with E-state index in [1.165, 1.54) is 151 Å². The second-order valence-electron chi connectivity index (χ2n) is 28.0. The molecule has 0 saturated carbocycles. The Hall–Kier alpha value is -15.6. The number of nitrogens with zero attached hydrogens (tertiary/aromatic N) is 7. The molecule has 0 spiro atoms. The van der Waals surface area contributed by atoms with E-state index in [1.54, 1.807) is 48.7 Å². The maximum Gasteiger partial charge on any atom is 0.308 e. The van der Waals surface area contributed by atoms with Crippen molar-refractivity contribution in [3.8, 4) is 197 Å². The molecule has 36 nitrogen and oxygen atoms in total. The van der Waals surface area contributed by atoms with E-state index in [-0.39, 0.29) is 139 Å². The highest BCUT2D eigenvalue weighted by Crippen LogP contribution is 2.47. The maximum absolute atomic E-state index is 11.4. The highest BCUT2D eigenvalue weighted by molar-refractivity contribution is 14.1. The summed E-state index contributed by atoms with van der Waals surface area (Å²) < 4.78 is 18.8. The van der Waals surface area contributed by atoms with Gasteiger partial charge in [0.2, 0.25) is 5.89 Å². The zero-order valence-electron chi connectivity index (χ0n) is 68.1. The number of nitro groups is 2. The first kappa shape index (κ1) is 98.6. The van der Waals surface area contributed by atoms with Crippen molar-refractivity contribution < 1.29 is 135 Å². The average Bonchev–Trinajstić information content (AvgIpc) is 1.74. The van der Waals surface area contributed by atoms with Crippen LogP contribution in [-0.4, -0.2) is 144 Å². The van der Waals surface area contributed by atoms with Crippen LogP contribution in [0.15, 0.2) is 206 Å². The van der Waals surface area contributed by atoms with E-state index in [0.29, 0.717) is 69.0 Å². The number of ether oxygens (including phenoxy) is 2. The molecular formula is C90H69Br3IN7O29S2. The monoisotopic (exact) mass is 2140 g/mol. The second-order valence-corrected chi connectivity index (χ2v) is 33.7. The molecule has 0 amide bonds. The van der Waals surface area contributed by atoms with Gasteiger partial charge in [-0.25, -0.2) is 9.97 Å². The number of hydrogen-bond donors (Lipinski definition) is 20. The molecule has 12 aromatic carbocycles.